The minimum atomic E-state index is -0.589. The van der Waals surface area contributed by atoms with Crippen molar-refractivity contribution in [3.63, 3.8) is 0 Å². The minimum Gasteiger partial charge on any atom is -0.347 e. The van der Waals surface area contributed by atoms with Crippen LogP contribution < -0.4 is 5.73 Å². The molecule has 2 N–H and O–H groups in total. The van der Waals surface area contributed by atoms with Crippen LogP contribution in [0.2, 0.25) is 0 Å². The van der Waals surface area contributed by atoms with Gasteiger partial charge in [0.1, 0.15) is 6.10 Å². The molecule has 0 aromatic heterocycles. The Morgan fingerprint density at radius 1 is 1.44 bits per heavy atom. The second-order valence-electron chi connectivity index (χ2n) is 4.87. The number of ether oxygens (including phenoxy) is 2. The summed E-state index contributed by atoms with van der Waals surface area (Å²) in [6, 6.07) is 7.50. The van der Waals surface area contributed by atoms with Gasteiger partial charge in [0.2, 0.25) is 0 Å². The van der Waals surface area contributed by atoms with Gasteiger partial charge in [-0.3, -0.25) is 4.79 Å². The second kappa shape index (κ2) is 5.18. The first-order valence-corrected chi connectivity index (χ1v) is 6.17. The number of nitrogens with two attached hydrogens (primary N) is 1. The van der Waals surface area contributed by atoms with Crippen molar-refractivity contribution in [3.8, 4) is 0 Å². The Kier molecular flexibility index (Phi) is 3.80. The second-order valence-corrected chi connectivity index (χ2v) is 4.87. The van der Waals surface area contributed by atoms with Gasteiger partial charge >= 0.3 is 0 Å². The normalized spacial score (nSPS) is 22.1. The molecule has 0 aliphatic carbocycles. The number of benzene rings is 1. The highest BCUT2D eigenvalue weighted by Crippen LogP contribution is 2.34. The molecule has 0 amide bonds. The third-order valence-electron chi connectivity index (χ3n) is 2.99. The molecule has 1 saturated heterocycles. The number of Topliss-reactive ketones (excluding diaryl/α,β-unsaturated/α-hetero) is 1. The maximum absolute atomic E-state index is 12.0. The van der Waals surface area contributed by atoms with Crippen LogP contribution >= 0.6 is 0 Å². The fourth-order valence-electron chi connectivity index (χ4n) is 2.14. The van der Waals surface area contributed by atoms with Crippen molar-refractivity contribution in [2.24, 2.45) is 5.73 Å². The minimum absolute atomic E-state index is 0.0569. The quantitative estimate of drug-likeness (QED) is 0.829. The zero-order chi connectivity index (χ0) is 13.2. The van der Waals surface area contributed by atoms with Crippen molar-refractivity contribution in [1.29, 1.82) is 0 Å². The molecule has 1 aliphatic rings. The van der Waals surface area contributed by atoms with E-state index in [0.29, 0.717) is 25.1 Å². The zero-order valence-electron chi connectivity index (χ0n) is 10.8. The summed E-state index contributed by atoms with van der Waals surface area (Å²) in [5, 5.41) is 0. The summed E-state index contributed by atoms with van der Waals surface area (Å²) in [4.78, 5) is 12.0. The van der Waals surface area contributed by atoms with E-state index in [-0.39, 0.29) is 11.9 Å². The molecule has 0 spiro atoms. The molecule has 0 bridgehead atoms. The van der Waals surface area contributed by atoms with Crippen molar-refractivity contribution < 1.29 is 14.3 Å². The molecule has 4 nitrogen and oxygen atoms in total. The molecule has 1 fully saturated rings. The zero-order valence-corrected chi connectivity index (χ0v) is 10.8. The molecular weight excluding hydrogens is 230 g/mol. The number of carbonyl (C=O) groups is 1. The monoisotopic (exact) mass is 249 g/mol. The lowest BCUT2D eigenvalue weighted by Crippen LogP contribution is -2.20. The van der Waals surface area contributed by atoms with E-state index in [2.05, 4.69) is 0 Å². The fourth-order valence-corrected chi connectivity index (χ4v) is 2.14. The molecule has 1 heterocycles. The SMILES string of the molecule is CC1(C)OCC(c2ccccc2C(=O)CCN)O1. The number of ketones is 1. The molecule has 1 unspecified atom stereocenters. The van der Waals surface area contributed by atoms with E-state index in [9.17, 15) is 4.79 Å². The predicted molar refractivity (Wildman–Crippen MR) is 68.3 cm³/mol. The van der Waals surface area contributed by atoms with Gasteiger partial charge in [0.15, 0.2) is 11.6 Å². The summed E-state index contributed by atoms with van der Waals surface area (Å²) in [5.41, 5.74) is 7.02. The van der Waals surface area contributed by atoms with Gasteiger partial charge in [-0.15, -0.1) is 0 Å². The summed E-state index contributed by atoms with van der Waals surface area (Å²) >= 11 is 0. The Bertz CT molecular complexity index is 442. The first-order valence-electron chi connectivity index (χ1n) is 6.17. The van der Waals surface area contributed by atoms with Crippen molar-refractivity contribution in [1.82, 2.24) is 0 Å². The molecule has 1 aliphatic heterocycles. The fraction of sp³-hybridized carbons (Fsp3) is 0.500. The van der Waals surface area contributed by atoms with E-state index >= 15 is 0 Å². The van der Waals surface area contributed by atoms with Gasteiger partial charge in [0.25, 0.3) is 0 Å². The average Bonchev–Trinajstić information content (AvgIpc) is 2.70. The number of rotatable bonds is 4. The van der Waals surface area contributed by atoms with E-state index in [1.807, 2.05) is 38.1 Å². The molecule has 0 radical (unpaired) electrons. The summed E-state index contributed by atoms with van der Waals surface area (Å²) in [5.74, 6) is -0.532. The van der Waals surface area contributed by atoms with E-state index in [1.165, 1.54) is 0 Å². The molecule has 1 aromatic rings. The highest BCUT2D eigenvalue weighted by Gasteiger charge is 2.35. The lowest BCUT2D eigenvalue weighted by atomic mass is 9.98. The van der Waals surface area contributed by atoms with Crippen LogP contribution in [0.15, 0.2) is 24.3 Å². The van der Waals surface area contributed by atoms with E-state index in [4.69, 9.17) is 15.2 Å². The van der Waals surface area contributed by atoms with Gasteiger partial charge in [0, 0.05) is 12.0 Å². The smallest absolute Gasteiger partial charge is 0.164 e. The highest BCUT2D eigenvalue weighted by atomic mass is 16.7. The summed E-state index contributed by atoms with van der Waals surface area (Å²) in [6.07, 6.45) is 0.173. The van der Waals surface area contributed by atoms with E-state index < -0.39 is 5.79 Å². The summed E-state index contributed by atoms with van der Waals surface area (Å²) in [7, 11) is 0. The number of carbonyl (C=O) groups excluding carboxylic acids is 1. The lowest BCUT2D eigenvalue weighted by Gasteiger charge is -2.18. The van der Waals surface area contributed by atoms with Gasteiger partial charge in [0.05, 0.1) is 6.61 Å². The molecule has 1 atom stereocenters. The summed E-state index contributed by atoms with van der Waals surface area (Å²) in [6.45, 7) is 4.58. The molecule has 4 heteroatoms. The lowest BCUT2D eigenvalue weighted by molar-refractivity contribution is -0.139. The van der Waals surface area contributed by atoms with Crippen molar-refractivity contribution in [3.05, 3.63) is 35.4 Å². The van der Waals surface area contributed by atoms with Gasteiger partial charge in [-0.1, -0.05) is 24.3 Å². The van der Waals surface area contributed by atoms with Crippen LogP contribution in [-0.2, 0) is 9.47 Å². The van der Waals surface area contributed by atoms with Crippen LogP contribution in [0.5, 0.6) is 0 Å². The van der Waals surface area contributed by atoms with Crippen LogP contribution in [0, 0.1) is 0 Å². The number of hydrogen-bond donors (Lipinski definition) is 1. The Morgan fingerprint density at radius 2 is 2.17 bits per heavy atom. The third kappa shape index (κ3) is 2.77. The van der Waals surface area contributed by atoms with Crippen LogP contribution in [0.25, 0.3) is 0 Å². The summed E-state index contributed by atoms with van der Waals surface area (Å²) < 4.78 is 11.3. The molecular formula is C14H19NO3. The Balaban J connectivity index is 2.26. The Labute approximate surface area is 107 Å². The van der Waals surface area contributed by atoms with Crippen LogP contribution in [-0.4, -0.2) is 24.7 Å². The molecule has 1 aromatic carbocycles. The molecule has 2 rings (SSSR count). The first-order chi connectivity index (χ1) is 8.53. The van der Waals surface area contributed by atoms with Crippen molar-refractivity contribution >= 4 is 5.78 Å². The van der Waals surface area contributed by atoms with Gasteiger partial charge < -0.3 is 15.2 Å². The standard InChI is InChI=1S/C14H19NO3/c1-14(2)17-9-13(18-14)11-6-4-3-5-10(11)12(16)7-8-15/h3-6,13H,7-9,15H2,1-2H3. The molecule has 0 saturated carbocycles. The Hall–Kier alpha value is -1.23. The maximum atomic E-state index is 12.0. The van der Waals surface area contributed by atoms with E-state index in [1.54, 1.807) is 0 Å². The Morgan fingerprint density at radius 3 is 2.78 bits per heavy atom. The van der Waals surface area contributed by atoms with Crippen molar-refractivity contribution in [2.45, 2.75) is 32.2 Å². The first kappa shape index (κ1) is 13.2. The third-order valence-corrected chi connectivity index (χ3v) is 2.99. The van der Waals surface area contributed by atoms with Gasteiger partial charge in [-0.05, 0) is 26.0 Å². The number of hydrogen-bond acceptors (Lipinski definition) is 4. The maximum Gasteiger partial charge on any atom is 0.164 e. The van der Waals surface area contributed by atoms with Gasteiger partial charge in [-0.25, -0.2) is 0 Å². The van der Waals surface area contributed by atoms with Crippen LogP contribution in [0.4, 0.5) is 0 Å². The topological polar surface area (TPSA) is 61.5 Å². The van der Waals surface area contributed by atoms with Crippen molar-refractivity contribution in [2.75, 3.05) is 13.2 Å². The van der Waals surface area contributed by atoms with Gasteiger partial charge in [-0.2, -0.15) is 0 Å². The molecule has 98 valence electrons. The largest absolute Gasteiger partial charge is 0.347 e. The van der Waals surface area contributed by atoms with Crippen LogP contribution in [0.1, 0.15) is 42.3 Å². The molecule has 18 heavy (non-hydrogen) atoms. The van der Waals surface area contributed by atoms with E-state index in [0.717, 1.165) is 5.56 Å². The highest BCUT2D eigenvalue weighted by molar-refractivity contribution is 5.97. The average molecular weight is 249 g/mol. The van der Waals surface area contributed by atoms with Crippen LogP contribution in [0.3, 0.4) is 0 Å². The predicted octanol–water partition coefficient (Wildman–Crippen LogP) is 2.04.